The predicted molar refractivity (Wildman–Crippen MR) is 90.9 cm³/mol. The number of phenolic OH excluding ortho intramolecular Hbond substituents is 1. The van der Waals surface area contributed by atoms with Gasteiger partial charge in [0, 0.05) is 31.6 Å². The molecule has 1 heterocycles. The molecule has 6 heteroatoms. The maximum Gasteiger partial charge on any atom is 0.220 e. The number of rotatable bonds is 6. The van der Waals surface area contributed by atoms with Crippen LogP contribution in [-0.4, -0.2) is 54.3 Å². The van der Waals surface area contributed by atoms with Gasteiger partial charge in [-0.1, -0.05) is 17.7 Å². The van der Waals surface area contributed by atoms with E-state index in [2.05, 4.69) is 24.1 Å². The van der Waals surface area contributed by atoms with E-state index in [0.29, 0.717) is 36.5 Å². The van der Waals surface area contributed by atoms with E-state index in [-0.39, 0.29) is 11.7 Å². The second-order valence-corrected chi connectivity index (χ2v) is 6.51. The van der Waals surface area contributed by atoms with E-state index in [4.69, 9.17) is 16.3 Å². The van der Waals surface area contributed by atoms with E-state index in [0.717, 1.165) is 25.3 Å². The molecule has 2 atom stereocenters. The summed E-state index contributed by atoms with van der Waals surface area (Å²) in [5.74, 6) is 0.0929. The van der Waals surface area contributed by atoms with Gasteiger partial charge in [0.05, 0.1) is 18.2 Å². The Bertz CT molecular complexity index is 539. The Balaban J connectivity index is 1.73. The van der Waals surface area contributed by atoms with Gasteiger partial charge in [-0.25, -0.2) is 0 Å². The number of hydrogen-bond donors (Lipinski definition) is 2. The quantitative estimate of drug-likeness (QED) is 0.833. The molecule has 5 nitrogen and oxygen atoms in total. The van der Waals surface area contributed by atoms with Crippen molar-refractivity contribution in [1.82, 2.24) is 10.2 Å². The smallest absolute Gasteiger partial charge is 0.220 e. The van der Waals surface area contributed by atoms with Crippen LogP contribution < -0.4 is 5.32 Å². The molecule has 128 valence electrons. The van der Waals surface area contributed by atoms with Gasteiger partial charge in [0.1, 0.15) is 5.75 Å². The molecule has 1 amide bonds. The summed E-state index contributed by atoms with van der Waals surface area (Å²) in [5.41, 5.74) is 0.942. The van der Waals surface area contributed by atoms with E-state index in [1.807, 2.05) is 0 Å². The molecule has 0 saturated carbocycles. The van der Waals surface area contributed by atoms with E-state index in [1.165, 1.54) is 0 Å². The summed E-state index contributed by atoms with van der Waals surface area (Å²) in [6.07, 6.45) is 1.01. The highest BCUT2D eigenvalue weighted by atomic mass is 35.5. The van der Waals surface area contributed by atoms with Gasteiger partial charge in [-0.05, 0) is 38.0 Å². The van der Waals surface area contributed by atoms with E-state index >= 15 is 0 Å². The zero-order valence-corrected chi connectivity index (χ0v) is 14.5. The number of amides is 1. The van der Waals surface area contributed by atoms with Crippen LogP contribution in [0.25, 0.3) is 0 Å². The van der Waals surface area contributed by atoms with Crippen LogP contribution in [0.3, 0.4) is 0 Å². The van der Waals surface area contributed by atoms with Gasteiger partial charge in [0.25, 0.3) is 0 Å². The summed E-state index contributed by atoms with van der Waals surface area (Å²) in [4.78, 5) is 14.4. The third-order valence-electron chi connectivity index (χ3n) is 4.23. The van der Waals surface area contributed by atoms with Crippen LogP contribution in [-0.2, 0) is 16.0 Å². The fourth-order valence-corrected chi connectivity index (χ4v) is 3.03. The van der Waals surface area contributed by atoms with E-state index in [1.54, 1.807) is 18.2 Å². The number of ether oxygens (including phenoxy) is 1. The molecule has 2 N–H and O–H groups in total. The van der Waals surface area contributed by atoms with Gasteiger partial charge in [-0.3, -0.25) is 9.69 Å². The first-order chi connectivity index (χ1) is 11.0. The molecule has 0 radical (unpaired) electrons. The third-order valence-corrected chi connectivity index (χ3v) is 4.54. The number of aryl methyl sites for hydroxylation is 1. The Hall–Kier alpha value is -1.30. The van der Waals surface area contributed by atoms with Crippen molar-refractivity contribution in [2.75, 3.05) is 26.3 Å². The number of hydrogen-bond acceptors (Lipinski definition) is 4. The average molecular weight is 341 g/mol. The molecule has 2 rings (SSSR count). The highest BCUT2D eigenvalue weighted by molar-refractivity contribution is 6.32. The average Bonchev–Trinajstić information content (AvgIpc) is 2.54. The normalized spacial score (nSPS) is 20.2. The molecular formula is C17H25ClN2O3. The molecule has 1 aliphatic heterocycles. The standard InChI is InChI=1S/C17H25ClN2O3/c1-12(20-7-8-23-11-13(20)2)10-19-17(22)6-4-14-3-5-16(21)15(18)9-14/h3,5,9,12-13,21H,4,6-8,10-11H2,1-2H3,(H,19,22)/t12-,13-/m0/s1. The number of nitrogens with one attached hydrogen (secondary N) is 1. The van der Waals surface area contributed by atoms with Gasteiger partial charge in [-0.2, -0.15) is 0 Å². The van der Waals surface area contributed by atoms with Crippen molar-refractivity contribution in [2.45, 2.75) is 38.8 Å². The van der Waals surface area contributed by atoms with Gasteiger partial charge in [-0.15, -0.1) is 0 Å². The van der Waals surface area contributed by atoms with Crippen LogP contribution in [0.1, 0.15) is 25.8 Å². The molecule has 0 unspecified atom stereocenters. The Morgan fingerprint density at radius 2 is 2.35 bits per heavy atom. The summed E-state index contributed by atoms with van der Waals surface area (Å²) in [5, 5.41) is 12.7. The first-order valence-electron chi connectivity index (χ1n) is 8.05. The first-order valence-corrected chi connectivity index (χ1v) is 8.42. The molecular weight excluding hydrogens is 316 g/mol. The minimum absolute atomic E-state index is 0.0296. The summed E-state index contributed by atoms with van der Waals surface area (Å²) in [7, 11) is 0. The Morgan fingerprint density at radius 3 is 3.04 bits per heavy atom. The van der Waals surface area contributed by atoms with Gasteiger partial charge in [0.2, 0.25) is 5.91 Å². The highest BCUT2D eigenvalue weighted by Gasteiger charge is 2.23. The summed E-state index contributed by atoms with van der Waals surface area (Å²) in [6, 6.07) is 5.71. The Kier molecular flexibility index (Phi) is 6.69. The molecule has 0 aliphatic carbocycles. The molecule has 1 saturated heterocycles. The minimum Gasteiger partial charge on any atom is -0.506 e. The predicted octanol–water partition coefficient (Wildman–Crippen LogP) is 2.20. The highest BCUT2D eigenvalue weighted by Crippen LogP contribution is 2.24. The van der Waals surface area contributed by atoms with Crippen LogP contribution in [0.15, 0.2) is 18.2 Å². The van der Waals surface area contributed by atoms with Crippen LogP contribution in [0.2, 0.25) is 5.02 Å². The number of morpholine rings is 1. The summed E-state index contributed by atoms with van der Waals surface area (Å²) >= 11 is 5.87. The number of carbonyl (C=O) groups is 1. The Morgan fingerprint density at radius 1 is 1.57 bits per heavy atom. The largest absolute Gasteiger partial charge is 0.506 e. The molecule has 1 aliphatic rings. The topological polar surface area (TPSA) is 61.8 Å². The monoisotopic (exact) mass is 340 g/mol. The number of carbonyl (C=O) groups excluding carboxylic acids is 1. The molecule has 1 aromatic carbocycles. The molecule has 1 fully saturated rings. The van der Waals surface area contributed by atoms with Crippen molar-refractivity contribution in [3.8, 4) is 5.75 Å². The molecule has 0 bridgehead atoms. The molecule has 1 aromatic rings. The van der Waals surface area contributed by atoms with Crippen molar-refractivity contribution < 1.29 is 14.6 Å². The first kappa shape index (κ1) is 18.0. The van der Waals surface area contributed by atoms with Crippen molar-refractivity contribution in [3.05, 3.63) is 28.8 Å². The van der Waals surface area contributed by atoms with Gasteiger partial charge in [0.15, 0.2) is 0 Å². The lowest BCUT2D eigenvalue weighted by molar-refractivity contribution is -0.121. The maximum atomic E-state index is 12.0. The van der Waals surface area contributed by atoms with Crippen LogP contribution in [0, 0.1) is 0 Å². The molecule has 0 aromatic heterocycles. The van der Waals surface area contributed by atoms with Crippen LogP contribution in [0.4, 0.5) is 0 Å². The van der Waals surface area contributed by atoms with Gasteiger partial charge < -0.3 is 15.2 Å². The summed E-state index contributed by atoms with van der Waals surface area (Å²) < 4.78 is 5.44. The number of benzene rings is 1. The lowest BCUT2D eigenvalue weighted by atomic mass is 10.1. The van der Waals surface area contributed by atoms with E-state index in [9.17, 15) is 9.90 Å². The van der Waals surface area contributed by atoms with Crippen molar-refractivity contribution in [3.63, 3.8) is 0 Å². The lowest BCUT2D eigenvalue weighted by Gasteiger charge is -2.37. The second-order valence-electron chi connectivity index (χ2n) is 6.10. The van der Waals surface area contributed by atoms with E-state index < -0.39 is 0 Å². The maximum absolute atomic E-state index is 12.0. The number of nitrogens with zero attached hydrogens (tertiary/aromatic N) is 1. The number of phenols is 1. The fourth-order valence-electron chi connectivity index (χ4n) is 2.83. The fraction of sp³-hybridized carbons (Fsp3) is 0.588. The molecule has 0 spiro atoms. The van der Waals surface area contributed by atoms with Crippen molar-refractivity contribution in [2.24, 2.45) is 0 Å². The van der Waals surface area contributed by atoms with Crippen molar-refractivity contribution in [1.29, 1.82) is 0 Å². The Labute approximate surface area is 142 Å². The summed E-state index contributed by atoms with van der Waals surface area (Å²) in [6.45, 7) is 7.32. The zero-order valence-electron chi connectivity index (χ0n) is 13.7. The number of halogens is 1. The van der Waals surface area contributed by atoms with Crippen LogP contribution >= 0.6 is 11.6 Å². The van der Waals surface area contributed by atoms with Gasteiger partial charge >= 0.3 is 0 Å². The minimum atomic E-state index is 0.0296. The third kappa shape index (κ3) is 5.37. The zero-order chi connectivity index (χ0) is 16.8. The second kappa shape index (κ2) is 8.52. The van der Waals surface area contributed by atoms with Crippen molar-refractivity contribution >= 4 is 17.5 Å². The van der Waals surface area contributed by atoms with Crippen LogP contribution in [0.5, 0.6) is 5.75 Å². The number of aromatic hydroxyl groups is 1. The lowest BCUT2D eigenvalue weighted by Crippen LogP contribution is -2.51. The molecule has 23 heavy (non-hydrogen) atoms. The SMILES string of the molecule is C[C@@H](CNC(=O)CCc1ccc(O)c(Cl)c1)N1CCOC[C@@H]1C.